The van der Waals surface area contributed by atoms with Gasteiger partial charge in [-0.1, -0.05) is 11.3 Å². The highest BCUT2D eigenvalue weighted by Crippen LogP contribution is 2.29. The third-order valence-corrected chi connectivity index (χ3v) is 2.58. The molecule has 0 radical (unpaired) electrons. The number of anilines is 1. The van der Waals surface area contributed by atoms with Crippen LogP contribution in [0.3, 0.4) is 0 Å². The van der Waals surface area contributed by atoms with Gasteiger partial charge in [0.2, 0.25) is 0 Å². The van der Waals surface area contributed by atoms with Gasteiger partial charge in [-0.3, -0.25) is 0 Å². The van der Waals surface area contributed by atoms with Gasteiger partial charge in [0, 0.05) is 11.8 Å². The van der Waals surface area contributed by atoms with Crippen LogP contribution in [0.15, 0.2) is 24.4 Å². The first-order chi connectivity index (χ1) is 6.66. The number of benzene rings is 1. The molecule has 2 nitrogen and oxygen atoms in total. The van der Waals surface area contributed by atoms with Gasteiger partial charge in [-0.25, -0.2) is 13.8 Å². The number of aromatic nitrogens is 1. The molecule has 14 heavy (non-hydrogen) atoms. The van der Waals surface area contributed by atoms with Crippen molar-refractivity contribution in [3.8, 4) is 10.4 Å². The summed E-state index contributed by atoms with van der Waals surface area (Å²) >= 11 is 1.12. The summed E-state index contributed by atoms with van der Waals surface area (Å²) in [6.45, 7) is 0. The van der Waals surface area contributed by atoms with Gasteiger partial charge in [-0.2, -0.15) is 0 Å². The summed E-state index contributed by atoms with van der Waals surface area (Å²) in [5, 5.41) is 0.337. The molecule has 1 heterocycles. The number of thiazole rings is 1. The summed E-state index contributed by atoms with van der Waals surface area (Å²) < 4.78 is 26.1. The summed E-state index contributed by atoms with van der Waals surface area (Å²) in [7, 11) is 0. The van der Waals surface area contributed by atoms with E-state index < -0.39 is 11.6 Å². The molecule has 72 valence electrons. The summed E-state index contributed by atoms with van der Waals surface area (Å²) in [6.07, 6.45) is 1.43. The molecule has 5 heteroatoms. The highest BCUT2D eigenvalue weighted by atomic mass is 32.1. The van der Waals surface area contributed by atoms with Gasteiger partial charge in [0.1, 0.15) is 11.6 Å². The van der Waals surface area contributed by atoms with Crippen LogP contribution in [-0.4, -0.2) is 4.98 Å². The topological polar surface area (TPSA) is 38.9 Å². The molecule has 0 aliphatic rings. The number of nitrogen functional groups attached to an aromatic ring is 1. The van der Waals surface area contributed by atoms with Crippen LogP contribution in [0.5, 0.6) is 0 Å². The molecule has 2 N–H and O–H groups in total. The fraction of sp³-hybridized carbons (Fsp3) is 0. The van der Waals surface area contributed by atoms with E-state index in [9.17, 15) is 8.78 Å². The Morgan fingerprint density at radius 3 is 2.71 bits per heavy atom. The van der Waals surface area contributed by atoms with E-state index in [2.05, 4.69) is 4.98 Å². The first-order valence-corrected chi connectivity index (χ1v) is 4.65. The molecule has 1 aromatic heterocycles. The molecule has 1 aromatic carbocycles. The quantitative estimate of drug-likeness (QED) is 0.789. The number of hydrogen-bond acceptors (Lipinski definition) is 3. The van der Waals surface area contributed by atoms with Gasteiger partial charge in [0.15, 0.2) is 5.13 Å². The van der Waals surface area contributed by atoms with Crippen molar-refractivity contribution in [2.24, 2.45) is 0 Å². The number of nitrogens with zero attached hydrogens (tertiary/aromatic N) is 1. The number of rotatable bonds is 1. The molecule has 0 fully saturated rings. The predicted molar refractivity (Wildman–Crippen MR) is 51.9 cm³/mol. The largest absolute Gasteiger partial charge is 0.375 e. The van der Waals surface area contributed by atoms with E-state index in [0.717, 1.165) is 29.5 Å². The maximum absolute atomic E-state index is 13.2. The molecule has 0 amide bonds. The average Bonchev–Trinajstić information content (AvgIpc) is 2.56. The van der Waals surface area contributed by atoms with E-state index in [1.54, 1.807) is 0 Å². The van der Waals surface area contributed by atoms with Crippen LogP contribution >= 0.6 is 11.3 Å². The predicted octanol–water partition coefficient (Wildman–Crippen LogP) is 2.67. The Hall–Kier alpha value is -1.49. The minimum atomic E-state index is -0.478. The van der Waals surface area contributed by atoms with E-state index in [1.807, 2.05) is 0 Å². The number of hydrogen-bond donors (Lipinski definition) is 1. The summed E-state index contributed by atoms with van der Waals surface area (Å²) in [6, 6.07) is 3.28. The van der Waals surface area contributed by atoms with Crippen molar-refractivity contribution >= 4 is 16.5 Å². The molecule has 0 aliphatic heterocycles. The van der Waals surface area contributed by atoms with E-state index in [4.69, 9.17) is 5.73 Å². The molecule has 0 atom stereocenters. The molecule has 0 saturated carbocycles. The third kappa shape index (κ3) is 1.58. The zero-order valence-electron chi connectivity index (χ0n) is 7.00. The highest BCUT2D eigenvalue weighted by molar-refractivity contribution is 7.18. The van der Waals surface area contributed by atoms with Crippen molar-refractivity contribution in [3.63, 3.8) is 0 Å². The Bertz CT molecular complexity index is 468. The SMILES string of the molecule is Nc1ncc(-c2cc(F)ccc2F)s1. The number of nitrogens with two attached hydrogens (primary N) is 1. The second kappa shape index (κ2) is 3.34. The third-order valence-electron chi connectivity index (χ3n) is 1.72. The molecule has 0 bridgehead atoms. The zero-order chi connectivity index (χ0) is 10.1. The van der Waals surface area contributed by atoms with Gasteiger partial charge in [0.25, 0.3) is 0 Å². The fourth-order valence-electron chi connectivity index (χ4n) is 1.10. The van der Waals surface area contributed by atoms with Crippen molar-refractivity contribution in [2.75, 3.05) is 5.73 Å². The molecular formula is C9H6F2N2S. The Labute approximate surface area is 83.0 Å². The van der Waals surface area contributed by atoms with Crippen molar-refractivity contribution in [1.29, 1.82) is 0 Å². The Morgan fingerprint density at radius 1 is 1.29 bits per heavy atom. The van der Waals surface area contributed by atoms with Crippen LogP contribution < -0.4 is 5.73 Å². The maximum atomic E-state index is 13.2. The first-order valence-electron chi connectivity index (χ1n) is 3.83. The second-order valence-corrected chi connectivity index (χ2v) is 3.75. The van der Waals surface area contributed by atoms with E-state index in [-0.39, 0.29) is 5.56 Å². The number of halogens is 2. The molecule has 2 aromatic rings. The minimum Gasteiger partial charge on any atom is -0.375 e. The molecule has 0 spiro atoms. The lowest BCUT2D eigenvalue weighted by Crippen LogP contribution is -1.83. The monoisotopic (exact) mass is 212 g/mol. The van der Waals surface area contributed by atoms with Gasteiger partial charge >= 0.3 is 0 Å². The summed E-state index contributed by atoms with van der Waals surface area (Å²) in [5.74, 6) is -0.955. The lowest BCUT2D eigenvalue weighted by molar-refractivity contribution is 0.603. The van der Waals surface area contributed by atoms with Crippen LogP contribution in [0.1, 0.15) is 0 Å². The molecule has 2 rings (SSSR count). The molecular weight excluding hydrogens is 206 g/mol. The van der Waals surface area contributed by atoms with Crippen LogP contribution in [0.2, 0.25) is 0 Å². The Kier molecular flexibility index (Phi) is 2.17. The minimum absolute atomic E-state index is 0.194. The fourth-order valence-corrected chi connectivity index (χ4v) is 1.80. The Morgan fingerprint density at radius 2 is 2.07 bits per heavy atom. The summed E-state index contributed by atoms with van der Waals surface area (Å²) in [5.41, 5.74) is 5.59. The second-order valence-electron chi connectivity index (χ2n) is 2.69. The van der Waals surface area contributed by atoms with Gasteiger partial charge in [0.05, 0.1) is 4.88 Å². The van der Waals surface area contributed by atoms with Gasteiger partial charge in [-0.15, -0.1) is 0 Å². The van der Waals surface area contributed by atoms with Crippen LogP contribution in [-0.2, 0) is 0 Å². The first kappa shape index (κ1) is 9.08. The normalized spacial score (nSPS) is 10.4. The van der Waals surface area contributed by atoms with Crippen molar-refractivity contribution < 1.29 is 8.78 Å². The maximum Gasteiger partial charge on any atom is 0.180 e. The smallest absolute Gasteiger partial charge is 0.180 e. The van der Waals surface area contributed by atoms with Crippen LogP contribution in [0.4, 0.5) is 13.9 Å². The van der Waals surface area contributed by atoms with E-state index in [0.29, 0.717) is 10.0 Å². The average molecular weight is 212 g/mol. The summed E-state index contributed by atoms with van der Waals surface area (Å²) in [4.78, 5) is 4.30. The zero-order valence-corrected chi connectivity index (χ0v) is 7.81. The molecule has 0 aliphatic carbocycles. The van der Waals surface area contributed by atoms with Gasteiger partial charge in [-0.05, 0) is 18.2 Å². The van der Waals surface area contributed by atoms with E-state index in [1.165, 1.54) is 6.20 Å². The van der Waals surface area contributed by atoms with Crippen LogP contribution in [0.25, 0.3) is 10.4 Å². The molecule has 0 unspecified atom stereocenters. The van der Waals surface area contributed by atoms with Crippen molar-refractivity contribution in [3.05, 3.63) is 36.0 Å². The van der Waals surface area contributed by atoms with E-state index >= 15 is 0 Å². The highest BCUT2D eigenvalue weighted by Gasteiger charge is 2.08. The Balaban J connectivity index is 2.55. The van der Waals surface area contributed by atoms with Crippen molar-refractivity contribution in [1.82, 2.24) is 4.98 Å². The lowest BCUT2D eigenvalue weighted by atomic mass is 10.2. The van der Waals surface area contributed by atoms with Crippen molar-refractivity contribution in [2.45, 2.75) is 0 Å². The lowest BCUT2D eigenvalue weighted by Gasteiger charge is -1.98. The van der Waals surface area contributed by atoms with Crippen LogP contribution in [0, 0.1) is 11.6 Å². The van der Waals surface area contributed by atoms with Gasteiger partial charge < -0.3 is 5.73 Å². The molecule has 0 saturated heterocycles. The standard InChI is InChI=1S/C9H6F2N2S/c10-5-1-2-7(11)6(3-5)8-4-13-9(12)14-8/h1-4H,(H2,12,13).